The number of aromatic nitrogens is 1. The second kappa shape index (κ2) is 7.88. The molecule has 100 valence electrons. The van der Waals surface area contributed by atoms with Gasteiger partial charge in [-0.3, -0.25) is 9.78 Å². The summed E-state index contributed by atoms with van der Waals surface area (Å²) in [6.45, 7) is 4.42. The lowest BCUT2D eigenvalue weighted by molar-refractivity contribution is -0.117. The van der Waals surface area contributed by atoms with Gasteiger partial charge in [0.15, 0.2) is 0 Å². The van der Waals surface area contributed by atoms with Gasteiger partial charge >= 0.3 is 0 Å². The summed E-state index contributed by atoms with van der Waals surface area (Å²) in [4.78, 5) is 15.6. The van der Waals surface area contributed by atoms with E-state index in [9.17, 15) is 4.79 Å². The Balaban J connectivity index is 2.53. The summed E-state index contributed by atoms with van der Waals surface area (Å²) in [7, 11) is 0. The van der Waals surface area contributed by atoms with Crippen molar-refractivity contribution in [1.82, 2.24) is 15.6 Å². The van der Waals surface area contributed by atoms with Gasteiger partial charge in [0.1, 0.15) is 11.6 Å². The van der Waals surface area contributed by atoms with Gasteiger partial charge in [0, 0.05) is 31.2 Å². The third-order valence-corrected chi connectivity index (χ3v) is 2.66. The minimum Gasteiger partial charge on any atom is -0.386 e. The van der Waals surface area contributed by atoms with Gasteiger partial charge in [-0.1, -0.05) is 6.92 Å². The zero-order valence-electron chi connectivity index (χ0n) is 11.2. The molecule has 0 saturated heterocycles. The van der Waals surface area contributed by atoms with Crippen molar-refractivity contribution in [2.45, 2.75) is 32.9 Å². The van der Waals surface area contributed by atoms with Crippen LogP contribution in [0.1, 0.15) is 25.8 Å². The third kappa shape index (κ3) is 5.21. The van der Waals surface area contributed by atoms with Crippen LogP contribution < -0.4 is 10.6 Å². The summed E-state index contributed by atoms with van der Waals surface area (Å²) in [5, 5.41) is 14.7. The number of carbonyl (C=O) groups is 1. The lowest BCUT2D eigenvalue weighted by Crippen LogP contribution is -2.33. The van der Waals surface area contributed by atoms with Gasteiger partial charge in [0.25, 0.3) is 5.91 Å². The van der Waals surface area contributed by atoms with Crippen molar-refractivity contribution in [2.24, 2.45) is 0 Å². The van der Waals surface area contributed by atoms with Crippen molar-refractivity contribution in [1.29, 1.82) is 5.26 Å². The first kappa shape index (κ1) is 14.7. The summed E-state index contributed by atoms with van der Waals surface area (Å²) in [5.41, 5.74) is 1.11. The van der Waals surface area contributed by atoms with Gasteiger partial charge < -0.3 is 10.6 Å². The Morgan fingerprint density at radius 3 is 2.79 bits per heavy atom. The quantitative estimate of drug-likeness (QED) is 0.598. The van der Waals surface area contributed by atoms with E-state index in [1.54, 1.807) is 12.4 Å². The van der Waals surface area contributed by atoms with Gasteiger partial charge in [0.05, 0.1) is 0 Å². The van der Waals surface area contributed by atoms with Crippen LogP contribution in [-0.2, 0) is 11.3 Å². The Morgan fingerprint density at radius 1 is 1.53 bits per heavy atom. The molecule has 1 aromatic heterocycles. The Hall–Kier alpha value is -2.35. The van der Waals surface area contributed by atoms with Crippen LogP contribution in [0.15, 0.2) is 36.3 Å². The molecule has 1 amide bonds. The molecule has 0 spiro atoms. The van der Waals surface area contributed by atoms with E-state index in [4.69, 9.17) is 5.26 Å². The first-order chi connectivity index (χ1) is 9.17. The molecular formula is C14H18N4O. The number of pyridine rings is 1. The maximum absolute atomic E-state index is 11.7. The summed E-state index contributed by atoms with van der Waals surface area (Å²) in [5.74, 6) is -0.348. The molecule has 0 aliphatic rings. The molecule has 19 heavy (non-hydrogen) atoms. The molecule has 1 heterocycles. The Kier molecular flexibility index (Phi) is 6.10. The SMILES string of the molecule is CCC(C)NC(=O)/C(C#N)=C\NCc1ccncc1. The number of rotatable bonds is 6. The predicted molar refractivity (Wildman–Crippen MR) is 72.7 cm³/mol. The summed E-state index contributed by atoms with van der Waals surface area (Å²) in [6.07, 6.45) is 5.66. The van der Waals surface area contributed by atoms with Gasteiger partial charge in [0.2, 0.25) is 0 Å². The number of hydrogen-bond acceptors (Lipinski definition) is 4. The molecule has 1 aromatic rings. The molecule has 0 saturated carbocycles. The van der Waals surface area contributed by atoms with E-state index in [1.807, 2.05) is 32.0 Å². The topological polar surface area (TPSA) is 77.8 Å². The molecular weight excluding hydrogens is 240 g/mol. The van der Waals surface area contributed by atoms with E-state index in [0.717, 1.165) is 12.0 Å². The van der Waals surface area contributed by atoms with Crippen molar-refractivity contribution < 1.29 is 4.79 Å². The molecule has 0 aliphatic heterocycles. The first-order valence-corrected chi connectivity index (χ1v) is 6.20. The van der Waals surface area contributed by atoms with Crippen LogP contribution in [0.3, 0.4) is 0 Å². The van der Waals surface area contributed by atoms with Crippen molar-refractivity contribution in [3.63, 3.8) is 0 Å². The average molecular weight is 258 g/mol. The average Bonchev–Trinajstić information content (AvgIpc) is 2.44. The van der Waals surface area contributed by atoms with Crippen molar-refractivity contribution in [3.05, 3.63) is 41.9 Å². The van der Waals surface area contributed by atoms with E-state index in [-0.39, 0.29) is 17.5 Å². The van der Waals surface area contributed by atoms with E-state index in [0.29, 0.717) is 6.54 Å². The molecule has 0 aromatic carbocycles. The molecule has 0 bridgehead atoms. The molecule has 0 radical (unpaired) electrons. The smallest absolute Gasteiger partial charge is 0.263 e. The number of nitrogens with one attached hydrogen (secondary N) is 2. The maximum Gasteiger partial charge on any atom is 0.263 e. The lowest BCUT2D eigenvalue weighted by Gasteiger charge is -2.10. The highest BCUT2D eigenvalue weighted by atomic mass is 16.1. The molecule has 0 fully saturated rings. The van der Waals surface area contributed by atoms with E-state index < -0.39 is 0 Å². The fourth-order valence-electron chi connectivity index (χ4n) is 1.32. The first-order valence-electron chi connectivity index (χ1n) is 6.20. The Labute approximate surface area is 113 Å². The second-order valence-corrected chi connectivity index (χ2v) is 4.19. The van der Waals surface area contributed by atoms with Crippen molar-refractivity contribution >= 4 is 5.91 Å². The van der Waals surface area contributed by atoms with Crippen LogP contribution in [0.4, 0.5) is 0 Å². The highest BCUT2D eigenvalue weighted by molar-refractivity contribution is 5.97. The predicted octanol–water partition coefficient (Wildman–Crippen LogP) is 1.49. The van der Waals surface area contributed by atoms with Crippen LogP contribution in [0.25, 0.3) is 0 Å². The molecule has 0 aliphatic carbocycles. The lowest BCUT2D eigenvalue weighted by atomic mass is 10.2. The van der Waals surface area contributed by atoms with Crippen LogP contribution >= 0.6 is 0 Å². The molecule has 1 rings (SSSR count). The summed E-state index contributed by atoms with van der Waals surface area (Å²) < 4.78 is 0. The zero-order chi connectivity index (χ0) is 14.1. The number of nitriles is 1. The van der Waals surface area contributed by atoms with E-state index in [2.05, 4.69) is 15.6 Å². The second-order valence-electron chi connectivity index (χ2n) is 4.19. The molecule has 1 atom stereocenters. The van der Waals surface area contributed by atoms with Crippen LogP contribution in [0.2, 0.25) is 0 Å². The standard InChI is InChI=1S/C14H18N4O/c1-3-11(2)18-14(19)13(8-15)10-17-9-12-4-6-16-7-5-12/h4-7,10-11,17H,3,9H2,1-2H3,(H,18,19)/b13-10-. The summed E-state index contributed by atoms with van der Waals surface area (Å²) in [6, 6.07) is 5.69. The Morgan fingerprint density at radius 2 is 2.21 bits per heavy atom. The van der Waals surface area contributed by atoms with Crippen LogP contribution in [0, 0.1) is 11.3 Å². The Bertz CT molecular complexity index is 476. The molecule has 5 nitrogen and oxygen atoms in total. The van der Waals surface area contributed by atoms with Crippen LogP contribution in [0.5, 0.6) is 0 Å². The highest BCUT2D eigenvalue weighted by Gasteiger charge is 2.10. The zero-order valence-corrected chi connectivity index (χ0v) is 11.2. The minimum atomic E-state index is -0.348. The molecule has 1 unspecified atom stereocenters. The minimum absolute atomic E-state index is 0.0597. The fraction of sp³-hybridized carbons (Fsp3) is 0.357. The largest absolute Gasteiger partial charge is 0.386 e. The van der Waals surface area contributed by atoms with E-state index >= 15 is 0 Å². The number of carbonyl (C=O) groups excluding carboxylic acids is 1. The van der Waals surface area contributed by atoms with Crippen molar-refractivity contribution in [2.75, 3.05) is 0 Å². The number of hydrogen-bond donors (Lipinski definition) is 2. The highest BCUT2D eigenvalue weighted by Crippen LogP contribution is 1.98. The molecule has 2 N–H and O–H groups in total. The number of amides is 1. The van der Waals surface area contributed by atoms with Gasteiger partial charge in [-0.15, -0.1) is 0 Å². The van der Waals surface area contributed by atoms with E-state index in [1.165, 1.54) is 6.20 Å². The van der Waals surface area contributed by atoms with Gasteiger partial charge in [-0.2, -0.15) is 5.26 Å². The monoisotopic (exact) mass is 258 g/mol. The maximum atomic E-state index is 11.7. The van der Waals surface area contributed by atoms with Crippen molar-refractivity contribution in [3.8, 4) is 6.07 Å². The molecule has 5 heteroatoms. The third-order valence-electron chi connectivity index (χ3n) is 2.66. The normalized spacial score (nSPS) is 12.4. The van der Waals surface area contributed by atoms with Crippen LogP contribution in [-0.4, -0.2) is 16.9 Å². The van der Waals surface area contributed by atoms with Gasteiger partial charge in [-0.25, -0.2) is 0 Å². The number of nitrogens with zero attached hydrogens (tertiary/aromatic N) is 2. The fourth-order valence-corrected chi connectivity index (χ4v) is 1.32. The summed E-state index contributed by atoms with van der Waals surface area (Å²) >= 11 is 0. The van der Waals surface area contributed by atoms with Gasteiger partial charge in [-0.05, 0) is 31.0 Å².